The van der Waals surface area contributed by atoms with Crippen molar-refractivity contribution in [1.82, 2.24) is 10.2 Å². The molecule has 0 aliphatic carbocycles. The van der Waals surface area contributed by atoms with E-state index in [0.717, 1.165) is 32.6 Å². The van der Waals surface area contributed by atoms with Gasteiger partial charge in [-0.2, -0.15) is 0 Å². The second kappa shape index (κ2) is 14.0. The van der Waals surface area contributed by atoms with Gasteiger partial charge >= 0.3 is 0 Å². The van der Waals surface area contributed by atoms with Crippen LogP contribution in [0.1, 0.15) is 31.4 Å². The fraction of sp³-hybridized carbons (Fsp3) is 0.310. The van der Waals surface area contributed by atoms with Gasteiger partial charge in [-0.15, -0.1) is 0 Å². The fourth-order valence-corrected chi connectivity index (χ4v) is 5.67. The predicted octanol–water partition coefficient (Wildman–Crippen LogP) is 5.42. The van der Waals surface area contributed by atoms with Gasteiger partial charge in [0.2, 0.25) is 21.8 Å². The van der Waals surface area contributed by atoms with Crippen molar-refractivity contribution in [2.75, 3.05) is 17.1 Å². The van der Waals surface area contributed by atoms with E-state index in [4.69, 9.17) is 11.6 Å². The smallest absolute Gasteiger partial charge is 0.244 e. The SMILES string of the molecule is CC[C@H](C)NC(=O)[C@H](Cc1ccccc1)N(Cc1cccc(Br)c1)C(=O)CN(c1ccccc1Cl)S(C)(=O)=O. The van der Waals surface area contributed by atoms with E-state index < -0.39 is 28.5 Å². The van der Waals surface area contributed by atoms with E-state index in [9.17, 15) is 18.0 Å². The highest BCUT2D eigenvalue weighted by Gasteiger charge is 2.33. The molecule has 7 nitrogen and oxygen atoms in total. The number of carbonyl (C=O) groups is 2. The van der Waals surface area contributed by atoms with Gasteiger partial charge in [0.1, 0.15) is 12.6 Å². The zero-order chi connectivity index (χ0) is 28.6. The van der Waals surface area contributed by atoms with Crippen molar-refractivity contribution >= 4 is 55.1 Å². The van der Waals surface area contributed by atoms with E-state index in [0.29, 0.717) is 0 Å². The van der Waals surface area contributed by atoms with Crippen molar-refractivity contribution in [2.45, 2.75) is 45.3 Å². The van der Waals surface area contributed by atoms with E-state index in [2.05, 4.69) is 21.2 Å². The van der Waals surface area contributed by atoms with Crippen molar-refractivity contribution in [1.29, 1.82) is 0 Å². The number of anilines is 1. The molecule has 0 unspecified atom stereocenters. The molecule has 2 amide bonds. The topological polar surface area (TPSA) is 86.8 Å². The fourth-order valence-electron chi connectivity index (χ4n) is 4.08. The lowest BCUT2D eigenvalue weighted by Crippen LogP contribution is -2.54. The highest BCUT2D eigenvalue weighted by atomic mass is 79.9. The lowest BCUT2D eigenvalue weighted by atomic mass is 10.0. The molecule has 10 heteroatoms. The van der Waals surface area contributed by atoms with Crippen molar-refractivity contribution < 1.29 is 18.0 Å². The molecule has 0 aliphatic rings. The Morgan fingerprint density at radius 2 is 1.62 bits per heavy atom. The molecule has 3 aromatic rings. The number of nitrogens with zero attached hydrogens (tertiary/aromatic N) is 2. The number of rotatable bonds is 12. The van der Waals surface area contributed by atoms with Crippen LogP contribution in [0.4, 0.5) is 5.69 Å². The summed E-state index contributed by atoms with van der Waals surface area (Å²) < 4.78 is 27.5. The van der Waals surface area contributed by atoms with Gasteiger partial charge in [-0.05, 0) is 48.7 Å². The van der Waals surface area contributed by atoms with Gasteiger partial charge < -0.3 is 10.2 Å². The minimum Gasteiger partial charge on any atom is -0.352 e. The van der Waals surface area contributed by atoms with Gasteiger partial charge in [0, 0.05) is 23.5 Å². The summed E-state index contributed by atoms with van der Waals surface area (Å²) in [5.74, 6) is -0.833. The van der Waals surface area contributed by atoms with Crippen LogP contribution in [-0.4, -0.2) is 50.0 Å². The maximum Gasteiger partial charge on any atom is 0.244 e. The van der Waals surface area contributed by atoms with Crippen LogP contribution < -0.4 is 9.62 Å². The van der Waals surface area contributed by atoms with Crippen molar-refractivity contribution in [3.05, 3.63) is 99.5 Å². The summed E-state index contributed by atoms with van der Waals surface area (Å²) >= 11 is 9.80. The molecule has 0 saturated heterocycles. The van der Waals surface area contributed by atoms with Gasteiger partial charge in [0.15, 0.2) is 0 Å². The summed E-state index contributed by atoms with van der Waals surface area (Å²) in [6.45, 7) is 3.46. The molecule has 208 valence electrons. The lowest BCUT2D eigenvalue weighted by Gasteiger charge is -2.34. The van der Waals surface area contributed by atoms with E-state index in [-0.39, 0.29) is 35.6 Å². The molecule has 0 radical (unpaired) electrons. The number of halogens is 2. The van der Waals surface area contributed by atoms with Gasteiger partial charge in [-0.3, -0.25) is 13.9 Å². The van der Waals surface area contributed by atoms with Gasteiger partial charge in [0.25, 0.3) is 0 Å². The van der Waals surface area contributed by atoms with Gasteiger partial charge in [0.05, 0.1) is 17.0 Å². The molecule has 3 aromatic carbocycles. The molecule has 0 heterocycles. The zero-order valence-corrected chi connectivity index (χ0v) is 25.3. The first-order valence-corrected chi connectivity index (χ1v) is 15.6. The quantitative estimate of drug-likeness (QED) is 0.288. The average molecular weight is 635 g/mol. The normalized spacial score (nSPS) is 12.8. The lowest BCUT2D eigenvalue weighted by molar-refractivity contribution is -0.140. The number of nitrogens with one attached hydrogen (secondary N) is 1. The first-order chi connectivity index (χ1) is 18.5. The van der Waals surface area contributed by atoms with Crippen molar-refractivity contribution in [3.63, 3.8) is 0 Å². The van der Waals surface area contributed by atoms with E-state index >= 15 is 0 Å². The number of hydrogen-bond donors (Lipinski definition) is 1. The number of sulfonamides is 1. The molecular formula is C29H33BrClN3O4S. The molecule has 39 heavy (non-hydrogen) atoms. The summed E-state index contributed by atoms with van der Waals surface area (Å²) in [5.41, 5.74) is 1.86. The molecular weight excluding hydrogens is 602 g/mol. The largest absolute Gasteiger partial charge is 0.352 e. The summed E-state index contributed by atoms with van der Waals surface area (Å²) in [6.07, 6.45) is 2.00. The molecule has 2 atom stereocenters. The van der Waals surface area contributed by atoms with Gasteiger partial charge in [-0.1, -0.05) is 89.1 Å². The molecule has 0 saturated carbocycles. The molecule has 3 rings (SSSR count). The highest BCUT2D eigenvalue weighted by molar-refractivity contribution is 9.10. The van der Waals surface area contributed by atoms with Crippen LogP contribution in [0, 0.1) is 0 Å². The van der Waals surface area contributed by atoms with Crippen molar-refractivity contribution in [3.8, 4) is 0 Å². The molecule has 0 aliphatic heterocycles. The minimum atomic E-state index is -3.88. The number of carbonyl (C=O) groups excluding carboxylic acids is 2. The third-order valence-corrected chi connectivity index (χ3v) is 8.25. The van der Waals surface area contributed by atoms with E-state index in [1.54, 1.807) is 24.3 Å². The number of para-hydroxylation sites is 1. The maximum absolute atomic E-state index is 14.1. The summed E-state index contributed by atoms with van der Waals surface area (Å²) in [7, 11) is -3.88. The Hall–Kier alpha value is -2.88. The van der Waals surface area contributed by atoms with E-state index in [1.807, 2.05) is 68.4 Å². The Balaban J connectivity index is 2.07. The predicted molar refractivity (Wildman–Crippen MR) is 160 cm³/mol. The molecule has 1 N–H and O–H groups in total. The van der Waals surface area contributed by atoms with Crippen LogP contribution in [0.2, 0.25) is 5.02 Å². The monoisotopic (exact) mass is 633 g/mol. The van der Waals surface area contributed by atoms with Crippen LogP contribution in [0.5, 0.6) is 0 Å². The summed E-state index contributed by atoms with van der Waals surface area (Å²) in [4.78, 5) is 29.2. The molecule has 0 spiro atoms. The Morgan fingerprint density at radius 1 is 0.974 bits per heavy atom. The highest BCUT2D eigenvalue weighted by Crippen LogP contribution is 2.28. The van der Waals surface area contributed by atoms with Crippen LogP contribution in [0.25, 0.3) is 0 Å². The molecule has 0 fully saturated rings. The minimum absolute atomic E-state index is 0.101. The number of benzene rings is 3. The number of amides is 2. The average Bonchev–Trinajstić information content (AvgIpc) is 2.89. The Kier molecular flexibility index (Phi) is 11.0. The Labute approximate surface area is 244 Å². The third-order valence-electron chi connectivity index (χ3n) is 6.31. The van der Waals surface area contributed by atoms with Gasteiger partial charge in [-0.25, -0.2) is 8.42 Å². The van der Waals surface area contributed by atoms with Crippen LogP contribution >= 0.6 is 27.5 Å². The van der Waals surface area contributed by atoms with E-state index in [1.165, 1.54) is 4.90 Å². The zero-order valence-electron chi connectivity index (χ0n) is 22.2. The standard InChI is InChI=1S/C29H33BrClN3O4S/c1-4-21(2)32-29(36)27(18-22-11-6-5-7-12-22)33(19-23-13-10-14-24(30)17-23)28(35)20-34(39(3,37)38)26-16-9-8-15-25(26)31/h5-17,21,27H,4,18-20H2,1-3H3,(H,32,36)/t21-,27-/m0/s1. The summed E-state index contributed by atoms with van der Waals surface area (Å²) in [6, 6.07) is 22.3. The molecule has 0 bridgehead atoms. The second-order valence-electron chi connectivity index (χ2n) is 9.40. The maximum atomic E-state index is 14.1. The summed E-state index contributed by atoms with van der Waals surface area (Å²) in [5, 5.41) is 3.21. The van der Waals surface area contributed by atoms with Crippen LogP contribution in [0.3, 0.4) is 0 Å². The van der Waals surface area contributed by atoms with Crippen LogP contribution in [-0.2, 0) is 32.6 Å². The first kappa shape index (κ1) is 30.7. The third kappa shape index (κ3) is 8.81. The number of hydrogen-bond acceptors (Lipinski definition) is 4. The second-order valence-corrected chi connectivity index (χ2v) is 12.6. The van der Waals surface area contributed by atoms with Crippen LogP contribution in [0.15, 0.2) is 83.3 Å². The van der Waals surface area contributed by atoms with Crippen molar-refractivity contribution in [2.24, 2.45) is 0 Å². The Morgan fingerprint density at radius 3 is 2.23 bits per heavy atom. The molecule has 0 aromatic heterocycles. The Bertz CT molecular complexity index is 1390. The first-order valence-electron chi connectivity index (χ1n) is 12.6.